The maximum absolute atomic E-state index is 14.0. The topological polar surface area (TPSA) is 47.9 Å². The van der Waals surface area contributed by atoms with Crippen molar-refractivity contribution in [3.05, 3.63) is 23.5 Å². The summed E-state index contributed by atoms with van der Waals surface area (Å²) in [5.41, 5.74) is 0.178. The molecule has 1 aromatic rings. The van der Waals surface area contributed by atoms with E-state index in [1.165, 1.54) is 26.4 Å². The van der Waals surface area contributed by atoms with Gasteiger partial charge in [-0.1, -0.05) is 0 Å². The Hall–Kier alpha value is -1.33. The normalized spacial score (nSPS) is 24.3. The molecule has 4 nitrogen and oxygen atoms in total. The molecule has 19 heavy (non-hydrogen) atoms. The Balaban J connectivity index is 2.28. The first-order valence-corrected chi connectivity index (χ1v) is 6.31. The molecule has 1 heterocycles. The van der Waals surface area contributed by atoms with Gasteiger partial charge in [0.25, 0.3) is 0 Å². The molecule has 1 aliphatic rings. The molecule has 0 saturated carbocycles. The van der Waals surface area contributed by atoms with Crippen LogP contribution in [0.4, 0.5) is 4.39 Å². The molecule has 1 N–H and O–H groups in total. The molecule has 106 valence electrons. The largest absolute Gasteiger partial charge is 0.493 e. The van der Waals surface area contributed by atoms with Crippen LogP contribution in [-0.2, 0) is 4.74 Å². The summed E-state index contributed by atoms with van der Waals surface area (Å²) < 4.78 is 29.7. The molecular formula is C14H19FO4. The Bertz CT molecular complexity index is 449. The molecule has 3 unspecified atom stereocenters. The van der Waals surface area contributed by atoms with Gasteiger partial charge in [-0.2, -0.15) is 0 Å². The molecule has 0 bridgehead atoms. The Morgan fingerprint density at radius 2 is 1.89 bits per heavy atom. The van der Waals surface area contributed by atoms with Gasteiger partial charge in [0, 0.05) is 11.6 Å². The van der Waals surface area contributed by atoms with Crippen molar-refractivity contribution in [3.8, 4) is 11.5 Å². The number of aliphatic hydroxyl groups is 1. The van der Waals surface area contributed by atoms with Gasteiger partial charge in [-0.25, -0.2) is 4.39 Å². The van der Waals surface area contributed by atoms with Gasteiger partial charge in [0.1, 0.15) is 11.9 Å². The van der Waals surface area contributed by atoms with E-state index >= 15 is 0 Å². The van der Waals surface area contributed by atoms with Crippen molar-refractivity contribution >= 4 is 0 Å². The van der Waals surface area contributed by atoms with Gasteiger partial charge in [-0.3, -0.25) is 0 Å². The Morgan fingerprint density at radius 3 is 2.42 bits per heavy atom. The third kappa shape index (κ3) is 2.82. The van der Waals surface area contributed by atoms with Crippen LogP contribution in [0.3, 0.4) is 0 Å². The lowest BCUT2D eigenvalue weighted by Crippen LogP contribution is -2.19. The molecule has 1 saturated heterocycles. The summed E-state index contributed by atoms with van der Waals surface area (Å²) in [7, 11) is 2.91. The average molecular weight is 270 g/mol. The van der Waals surface area contributed by atoms with E-state index in [1.54, 1.807) is 0 Å². The summed E-state index contributed by atoms with van der Waals surface area (Å²) in [5, 5.41) is 10.2. The van der Waals surface area contributed by atoms with Crippen molar-refractivity contribution in [2.75, 3.05) is 14.2 Å². The van der Waals surface area contributed by atoms with Crippen molar-refractivity contribution in [2.45, 2.75) is 38.1 Å². The van der Waals surface area contributed by atoms with Crippen LogP contribution in [0, 0.1) is 5.82 Å². The zero-order valence-electron chi connectivity index (χ0n) is 11.4. The van der Waals surface area contributed by atoms with E-state index in [0.717, 1.165) is 12.8 Å². The molecule has 3 atom stereocenters. The molecule has 2 rings (SSSR count). The van der Waals surface area contributed by atoms with E-state index < -0.39 is 11.9 Å². The molecule has 1 aliphatic heterocycles. The number of methoxy groups -OCH3 is 2. The van der Waals surface area contributed by atoms with E-state index in [9.17, 15) is 9.50 Å². The Kier molecular flexibility index (Phi) is 4.27. The molecule has 1 aromatic carbocycles. The molecule has 5 heteroatoms. The van der Waals surface area contributed by atoms with E-state index in [-0.39, 0.29) is 17.8 Å². The second-order valence-corrected chi connectivity index (χ2v) is 4.74. The van der Waals surface area contributed by atoms with Crippen LogP contribution in [-0.4, -0.2) is 31.5 Å². The lowest BCUT2D eigenvalue weighted by Gasteiger charge is -2.20. The van der Waals surface area contributed by atoms with Gasteiger partial charge in [-0.15, -0.1) is 0 Å². The number of rotatable bonds is 4. The second-order valence-electron chi connectivity index (χ2n) is 4.74. The molecule has 0 radical (unpaired) electrons. The smallest absolute Gasteiger partial charge is 0.163 e. The van der Waals surface area contributed by atoms with E-state index in [4.69, 9.17) is 14.2 Å². The fraction of sp³-hybridized carbons (Fsp3) is 0.571. The third-order valence-corrected chi connectivity index (χ3v) is 3.44. The highest BCUT2D eigenvalue weighted by molar-refractivity contribution is 5.44. The monoisotopic (exact) mass is 270 g/mol. The van der Waals surface area contributed by atoms with E-state index in [2.05, 4.69) is 0 Å². The SMILES string of the molecule is COc1cc(F)c(C(O)C2CCC(C)O2)cc1OC. The fourth-order valence-electron chi connectivity index (χ4n) is 2.36. The summed E-state index contributed by atoms with van der Waals surface area (Å²) in [6.07, 6.45) is 0.322. The highest BCUT2D eigenvalue weighted by atomic mass is 19.1. The van der Waals surface area contributed by atoms with Crippen molar-refractivity contribution < 1.29 is 23.7 Å². The molecule has 0 aromatic heterocycles. The molecule has 0 aliphatic carbocycles. The van der Waals surface area contributed by atoms with Crippen LogP contribution in [0.5, 0.6) is 11.5 Å². The van der Waals surface area contributed by atoms with Crippen molar-refractivity contribution in [1.82, 2.24) is 0 Å². The van der Waals surface area contributed by atoms with E-state index in [0.29, 0.717) is 11.5 Å². The number of benzene rings is 1. The average Bonchev–Trinajstić information content (AvgIpc) is 2.84. The van der Waals surface area contributed by atoms with Gasteiger partial charge < -0.3 is 19.3 Å². The lowest BCUT2D eigenvalue weighted by atomic mass is 10.0. The van der Waals surface area contributed by atoms with Crippen molar-refractivity contribution in [2.24, 2.45) is 0 Å². The standard InChI is InChI=1S/C14H19FO4/c1-8-4-5-11(19-8)14(16)9-6-12(17-2)13(18-3)7-10(9)15/h6-8,11,14,16H,4-5H2,1-3H3. The zero-order chi connectivity index (χ0) is 14.0. The predicted octanol–water partition coefficient (Wildman–Crippen LogP) is 2.44. The third-order valence-electron chi connectivity index (χ3n) is 3.44. The Morgan fingerprint density at radius 1 is 1.26 bits per heavy atom. The van der Waals surface area contributed by atoms with Gasteiger partial charge in [0.15, 0.2) is 11.5 Å². The lowest BCUT2D eigenvalue weighted by molar-refractivity contribution is -0.0311. The van der Waals surface area contributed by atoms with Crippen LogP contribution in [0.1, 0.15) is 31.4 Å². The van der Waals surface area contributed by atoms with Gasteiger partial charge >= 0.3 is 0 Å². The maximum Gasteiger partial charge on any atom is 0.163 e. The number of hydrogen-bond acceptors (Lipinski definition) is 4. The molecular weight excluding hydrogens is 251 g/mol. The first-order valence-electron chi connectivity index (χ1n) is 6.31. The number of hydrogen-bond donors (Lipinski definition) is 1. The highest BCUT2D eigenvalue weighted by Crippen LogP contribution is 2.36. The first kappa shape index (κ1) is 14.1. The van der Waals surface area contributed by atoms with Crippen LogP contribution < -0.4 is 9.47 Å². The first-order chi connectivity index (χ1) is 9.06. The van der Waals surface area contributed by atoms with Gasteiger partial charge in [0.05, 0.1) is 26.4 Å². The number of aliphatic hydroxyl groups excluding tert-OH is 1. The van der Waals surface area contributed by atoms with Crippen LogP contribution in [0.15, 0.2) is 12.1 Å². The summed E-state index contributed by atoms with van der Waals surface area (Å²) >= 11 is 0. The van der Waals surface area contributed by atoms with Crippen LogP contribution in [0.25, 0.3) is 0 Å². The quantitative estimate of drug-likeness (QED) is 0.913. The van der Waals surface area contributed by atoms with E-state index in [1.807, 2.05) is 6.92 Å². The maximum atomic E-state index is 14.0. The zero-order valence-corrected chi connectivity index (χ0v) is 11.4. The minimum atomic E-state index is -0.996. The minimum absolute atomic E-state index is 0.0999. The summed E-state index contributed by atoms with van der Waals surface area (Å²) in [5.74, 6) is 0.175. The van der Waals surface area contributed by atoms with Gasteiger partial charge in [-0.05, 0) is 25.8 Å². The van der Waals surface area contributed by atoms with Crippen LogP contribution >= 0.6 is 0 Å². The number of ether oxygens (including phenoxy) is 3. The Labute approximate surface area is 112 Å². The molecule has 1 fully saturated rings. The van der Waals surface area contributed by atoms with Crippen LogP contribution in [0.2, 0.25) is 0 Å². The summed E-state index contributed by atoms with van der Waals surface area (Å²) in [6, 6.07) is 2.68. The van der Waals surface area contributed by atoms with Crippen molar-refractivity contribution in [1.29, 1.82) is 0 Å². The fourth-order valence-corrected chi connectivity index (χ4v) is 2.36. The minimum Gasteiger partial charge on any atom is -0.493 e. The predicted molar refractivity (Wildman–Crippen MR) is 68.0 cm³/mol. The van der Waals surface area contributed by atoms with Gasteiger partial charge in [0.2, 0.25) is 0 Å². The molecule has 0 amide bonds. The second kappa shape index (κ2) is 5.75. The molecule has 0 spiro atoms. The van der Waals surface area contributed by atoms with Crippen molar-refractivity contribution in [3.63, 3.8) is 0 Å². The number of halogens is 1. The summed E-state index contributed by atoms with van der Waals surface area (Å²) in [4.78, 5) is 0. The highest BCUT2D eigenvalue weighted by Gasteiger charge is 2.31. The summed E-state index contributed by atoms with van der Waals surface area (Å²) in [6.45, 7) is 1.94.